The molecule has 0 radical (unpaired) electrons. The summed E-state index contributed by atoms with van der Waals surface area (Å²) in [5.74, 6) is -0.311. The lowest BCUT2D eigenvalue weighted by molar-refractivity contribution is -0.117. The Morgan fingerprint density at radius 3 is 2.19 bits per heavy atom. The van der Waals surface area contributed by atoms with Crippen molar-refractivity contribution in [1.29, 1.82) is 0 Å². The minimum Gasteiger partial charge on any atom is -0.324 e. The number of hydrogen-bond donors (Lipinski definition) is 2. The molecule has 5 heteroatoms. The molecule has 0 aliphatic carbocycles. The van der Waals surface area contributed by atoms with E-state index in [4.69, 9.17) is 0 Å². The van der Waals surface area contributed by atoms with Gasteiger partial charge in [0, 0.05) is 5.69 Å². The van der Waals surface area contributed by atoms with Crippen molar-refractivity contribution in [3.8, 4) is 0 Å². The first kappa shape index (κ1) is 18.1. The van der Waals surface area contributed by atoms with Crippen molar-refractivity contribution in [2.75, 3.05) is 30.3 Å². The Balaban J connectivity index is 1.64. The van der Waals surface area contributed by atoms with Crippen molar-refractivity contribution >= 4 is 23.2 Å². The number of carbonyl (C=O) groups is 2. The Labute approximate surface area is 154 Å². The van der Waals surface area contributed by atoms with E-state index in [1.54, 1.807) is 18.2 Å². The van der Waals surface area contributed by atoms with E-state index < -0.39 is 0 Å². The van der Waals surface area contributed by atoms with Crippen LogP contribution in [0.1, 0.15) is 36.0 Å². The Morgan fingerprint density at radius 2 is 1.46 bits per heavy atom. The highest BCUT2D eigenvalue weighted by molar-refractivity contribution is 6.10. The van der Waals surface area contributed by atoms with Gasteiger partial charge in [-0.05, 0) is 50.2 Å². The van der Waals surface area contributed by atoms with Crippen LogP contribution in [0.4, 0.5) is 11.4 Å². The summed E-state index contributed by atoms with van der Waals surface area (Å²) in [6.07, 6.45) is 4.76. The molecule has 1 aliphatic rings. The second-order valence-electron chi connectivity index (χ2n) is 6.60. The predicted molar refractivity (Wildman–Crippen MR) is 104 cm³/mol. The number of benzene rings is 2. The summed E-state index contributed by atoms with van der Waals surface area (Å²) in [6.45, 7) is 2.29. The minimum atomic E-state index is -0.234. The summed E-state index contributed by atoms with van der Waals surface area (Å²) in [7, 11) is 0. The first-order valence-corrected chi connectivity index (χ1v) is 9.20. The van der Waals surface area contributed by atoms with Crippen LogP contribution in [-0.4, -0.2) is 36.3 Å². The van der Waals surface area contributed by atoms with Gasteiger partial charge in [0.05, 0.1) is 17.8 Å². The predicted octanol–water partition coefficient (Wildman–Crippen LogP) is 3.75. The van der Waals surface area contributed by atoms with Crippen molar-refractivity contribution in [1.82, 2.24) is 4.90 Å². The number of rotatable bonds is 5. The second-order valence-corrected chi connectivity index (χ2v) is 6.60. The van der Waals surface area contributed by atoms with Crippen LogP contribution in [0.25, 0.3) is 0 Å². The quantitative estimate of drug-likeness (QED) is 0.862. The van der Waals surface area contributed by atoms with Crippen LogP contribution >= 0.6 is 0 Å². The Bertz CT molecular complexity index is 738. The van der Waals surface area contributed by atoms with E-state index in [2.05, 4.69) is 15.5 Å². The number of likely N-dealkylation sites (tertiary alicyclic amines) is 1. The zero-order chi connectivity index (χ0) is 18.2. The summed E-state index contributed by atoms with van der Waals surface area (Å²) >= 11 is 0. The Hall–Kier alpha value is -2.66. The van der Waals surface area contributed by atoms with Crippen molar-refractivity contribution < 1.29 is 9.59 Å². The molecule has 0 aromatic heterocycles. The van der Waals surface area contributed by atoms with E-state index in [0.717, 1.165) is 31.6 Å². The van der Waals surface area contributed by atoms with Crippen molar-refractivity contribution in [2.24, 2.45) is 0 Å². The van der Waals surface area contributed by atoms with Crippen molar-refractivity contribution in [3.63, 3.8) is 0 Å². The van der Waals surface area contributed by atoms with E-state index in [-0.39, 0.29) is 11.8 Å². The first-order chi connectivity index (χ1) is 12.7. The molecule has 2 N–H and O–H groups in total. The van der Waals surface area contributed by atoms with Gasteiger partial charge in [-0.25, -0.2) is 0 Å². The topological polar surface area (TPSA) is 61.4 Å². The maximum absolute atomic E-state index is 12.6. The van der Waals surface area contributed by atoms with Crippen molar-refractivity contribution in [2.45, 2.75) is 25.7 Å². The molecule has 0 atom stereocenters. The number of nitrogens with one attached hydrogen (secondary N) is 2. The molecular weight excluding hydrogens is 326 g/mol. The van der Waals surface area contributed by atoms with Gasteiger partial charge in [-0.15, -0.1) is 0 Å². The SMILES string of the molecule is O=C(CN1CCCCCC1)Nc1ccccc1C(=O)Nc1ccccc1. The normalized spacial score (nSPS) is 15.1. The highest BCUT2D eigenvalue weighted by atomic mass is 16.2. The zero-order valence-electron chi connectivity index (χ0n) is 14.9. The number of hydrogen-bond acceptors (Lipinski definition) is 3. The van der Waals surface area contributed by atoms with E-state index in [1.807, 2.05) is 36.4 Å². The van der Waals surface area contributed by atoms with Gasteiger partial charge in [0.15, 0.2) is 0 Å². The smallest absolute Gasteiger partial charge is 0.257 e. The fraction of sp³-hybridized carbons (Fsp3) is 0.333. The molecule has 2 amide bonds. The molecule has 0 bridgehead atoms. The lowest BCUT2D eigenvalue weighted by Gasteiger charge is -2.19. The van der Waals surface area contributed by atoms with Crippen LogP contribution in [-0.2, 0) is 4.79 Å². The summed E-state index contributed by atoms with van der Waals surface area (Å²) < 4.78 is 0. The fourth-order valence-electron chi connectivity index (χ4n) is 3.20. The molecule has 0 saturated carbocycles. The van der Waals surface area contributed by atoms with E-state index in [0.29, 0.717) is 17.8 Å². The van der Waals surface area contributed by atoms with Crippen LogP contribution in [0.5, 0.6) is 0 Å². The highest BCUT2D eigenvalue weighted by Gasteiger charge is 2.16. The Kier molecular flexibility index (Phi) is 6.39. The third-order valence-electron chi connectivity index (χ3n) is 4.54. The summed E-state index contributed by atoms with van der Waals surface area (Å²) in [5, 5.41) is 5.76. The van der Waals surface area contributed by atoms with Crippen molar-refractivity contribution in [3.05, 3.63) is 60.2 Å². The summed E-state index contributed by atoms with van der Waals surface area (Å²) in [5.41, 5.74) is 1.73. The lowest BCUT2D eigenvalue weighted by atomic mass is 10.1. The van der Waals surface area contributed by atoms with Crippen LogP contribution < -0.4 is 10.6 Å². The average molecular weight is 351 g/mol. The molecule has 1 saturated heterocycles. The summed E-state index contributed by atoms with van der Waals surface area (Å²) in [6, 6.07) is 16.4. The molecule has 1 aliphatic heterocycles. The van der Waals surface area contributed by atoms with E-state index in [1.165, 1.54) is 12.8 Å². The van der Waals surface area contributed by atoms with Gasteiger partial charge in [0.1, 0.15) is 0 Å². The van der Waals surface area contributed by atoms with Gasteiger partial charge in [-0.3, -0.25) is 14.5 Å². The average Bonchev–Trinajstić information content (AvgIpc) is 2.91. The van der Waals surface area contributed by atoms with E-state index >= 15 is 0 Å². The molecule has 3 rings (SSSR count). The minimum absolute atomic E-state index is 0.0770. The highest BCUT2D eigenvalue weighted by Crippen LogP contribution is 2.18. The van der Waals surface area contributed by atoms with E-state index in [9.17, 15) is 9.59 Å². The number of amides is 2. The van der Waals surface area contributed by atoms with Crippen LogP contribution in [0.15, 0.2) is 54.6 Å². The number of anilines is 2. The second kappa shape index (κ2) is 9.15. The standard InChI is InChI=1S/C21H25N3O2/c25-20(16-24-14-8-1-2-9-15-24)23-19-13-7-6-12-18(19)21(26)22-17-10-4-3-5-11-17/h3-7,10-13H,1-2,8-9,14-16H2,(H,22,26)(H,23,25). The number of nitrogens with zero attached hydrogens (tertiary/aromatic N) is 1. The number of para-hydroxylation sites is 2. The van der Waals surface area contributed by atoms with Crippen LogP contribution in [0.3, 0.4) is 0 Å². The monoisotopic (exact) mass is 351 g/mol. The summed E-state index contributed by atoms with van der Waals surface area (Å²) in [4.78, 5) is 27.2. The lowest BCUT2D eigenvalue weighted by Crippen LogP contribution is -2.34. The maximum atomic E-state index is 12.6. The maximum Gasteiger partial charge on any atom is 0.257 e. The van der Waals surface area contributed by atoms with Gasteiger partial charge >= 0.3 is 0 Å². The molecule has 1 heterocycles. The van der Waals surface area contributed by atoms with Gasteiger partial charge in [-0.1, -0.05) is 43.2 Å². The fourth-order valence-corrected chi connectivity index (χ4v) is 3.20. The van der Waals surface area contributed by atoms with Crippen LogP contribution in [0.2, 0.25) is 0 Å². The molecule has 26 heavy (non-hydrogen) atoms. The molecule has 2 aromatic carbocycles. The molecule has 2 aromatic rings. The van der Waals surface area contributed by atoms with Gasteiger partial charge in [0.2, 0.25) is 5.91 Å². The largest absolute Gasteiger partial charge is 0.324 e. The zero-order valence-corrected chi connectivity index (χ0v) is 14.9. The third-order valence-corrected chi connectivity index (χ3v) is 4.54. The molecule has 0 spiro atoms. The first-order valence-electron chi connectivity index (χ1n) is 9.20. The van der Waals surface area contributed by atoms with Crippen LogP contribution in [0, 0.1) is 0 Å². The molecule has 5 nitrogen and oxygen atoms in total. The van der Waals surface area contributed by atoms with Gasteiger partial charge in [-0.2, -0.15) is 0 Å². The molecule has 136 valence electrons. The Morgan fingerprint density at radius 1 is 0.808 bits per heavy atom. The molecule has 1 fully saturated rings. The third kappa shape index (κ3) is 5.17. The van der Waals surface area contributed by atoms with Gasteiger partial charge < -0.3 is 10.6 Å². The molecular formula is C21H25N3O2. The molecule has 0 unspecified atom stereocenters. The number of carbonyl (C=O) groups excluding carboxylic acids is 2. The van der Waals surface area contributed by atoms with Gasteiger partial charge in [0.25, 0.3) is 5.91 Å².